The molecule has 0 saturated heterocycles. The average Bonchev–Trinajstić information content (AvgIpc) is 3.31. The SMILES string of the molecule is CC/C=C\C/C=C\C/C=C\C/C=C\C/C=C\CCCCCCCCCCCCCC(=O)OCC(COC(=O)CCCCCCCCCCCC)OC(=O)CCCCCCCCCCCCC. The van der Waals surface area contributed by atoms with Gasteiger partial charge in [0.25, 0.3) is 0 Å². The van der Waals surface area contributed by atoms with Crippen LogP contribution in [0.25, 0.3) is 0 Å². The molecule has 6 nitrogen and oxygen atoms in total. The highest BCUT2D eigenvalue weighted by atomic mass is 16.6. The van der Waals surface area contributed by atoms with Gasteiger partial charge < -0.3 is 14.2 Å². The van der Waals surface area contributed by atoms with Crippen LogP contribution >= 0.6 is 0 Å². The number of hydrogen-bond donors (Lipinski definition) is 0. The van der Waals surface area contributed by atoms with Crippen LogP contribution in [0.5, 0.6) is 0 Å². The van der Waals surface area contributed by atoms with E-state index in [1.807, 2.05) is 0 Å². The number of hydrogen-bond acceptors (Lipinski definition) is 6. The summed E-state index contributed by atoms with van der Waals surface area (Å²) in [7, 11) is 0. The number of unbranched alkanes of at least 4 members (excludes halogenated alkanes) is 30. The second-order valence-electron chi connectivity index (χ2n) is 18.8. The molecule has 0 aliphatic carbocycles. The lowest BCUT2D eigenvalue weighted by Crippen LogP contribution is -2.30. The first-order chi connectivity index (χ1) is 32.5. The maximum atomic E-state index is 12.8. The van der Waals surface area contributed by atoms with Crippen LogP contribution in [0.2, 0.25) is 0 Å². The number of rotatable bonds is 51. The minimum absolute atomic E-state index is 0.0705. The van der Waals surface area contributed by atoms with Gasteiger partial charge in [-0.05, 0) is 64.2 Å². The van der Waals surface area contributed by atoms with E-state index in [9.17, 15) is 14.4 Å². The molecule has 1 unspecified atom stereocenters. The quantitative estimate of drug-likeness (QED) is 0.0262. The molecule has 0 heterocycles. The maximum Gasteiger partial charge on any atom is 0.306 e. The summed E-state index contributed by atoms with van der Waals surface area (Å²) in [6.45, 7) is 6.52. The van der Waals surface area contributed by atoms with Crippen LogP contribution in [0.1, 0.15) is 284 Å². The van der Waals surface area contributed by atoms with Crippen LogP contribution in [-0.4, -0.2) is 37.2 Å². The molecule has 0 saturated carbocycles. The summed E-state index contributed by atoms with van der Waals surface area (Å²) < 4.78 is 16.8. The van der Waals surface area contributed by atoms with Crippen LogP contribution in [0.15, 0.2) is 60.8 Å². The molecule has 1 atom stereocenters. The van der Waals surface area contributed by atoms with Gasteiger partial charge in [0, 0.05) is 19.3 Å². The fourth-order valence-electron chi connectivity index (χ4n) is 8.06. The molecule has 0 radical (unpaired) electrons. The standard InChI is InChI=1S/C60H106O6/c1-4-7-10-13-16-19-22-23-24-25-26-27-28-29-30-31-32-33-34-35-36-37-39-41-44-47-50-53-59(62)65-56-57(55-64-58(61)52-49-46-43-40-21-18-15-12-9-6-3)66-60(63)54-51-48-45-42-38-20-17-14-11-8-5-2/h7,10,16,19,23-24,26-27,29-30,57H,4-6,8-9,11-15,17-18,20-22,25,28,31-56H2,1-3H3/b10-7-,19-16-,24-23-,27-26-,30-29-. The zero-order valence-corrected chi connectivity index (χ0v) is 43.7. The van der Waals surface area contributed by atoms with Crippen molar-refractivity contribution in [2.75, 3.05) is 13.2 Å². The highest BCUT2D eigenvalue weighted by Gasteiger charge is 2.19. The van der Waals surface area contributed by atoms with Crippen LogP contribution < -0.4 is 0 Å². The van der Waals surface area contributed by atoms with E-state index in [0.717, 1.165) is 89.9 Å². The second-order valence-corrected chi connectivity index (χ2v) is 18.8. The third-order valence-corrected chi connectivity index (χ3v) is 12.3. The number of carbonyl (C=O) groups is 3. The first-order valence-electron chi connectivity index (χ1n) is 28.3. The van der Waals surface area contributed by atoms with Crippen LogP contribution in [0.4, 0.5) is 0 Å². The summed E-state index contributed by atoms with van der Waals surface area (Å²) in [6, 6.07) is 0. The predicted molar refractivity (Wildman–Crippen MR) is 284 cm³/mol. The largest absolute Gasteiger partial charge is 0.462 e. The summed E-state index contributed by atoms with van der Waals surface area (Å²) in [5, 5.41) is 0. The Hall–Kier alpha value is -2.89. The fraction of sp³-hybridized carbons (Fsp3) is 0.783. The Bertz CT molecular complexity index is 1200. The Morgan fingerprint density at radius 1 is 0.318 bits per heavy atom. The Labute approximate surface area is 409 Å². The third-order valence-electron chi connectivity index (χ3n) is 12.3. The molecule has 0 fully saturated rings. The van der Waals surface area contributed by atoms with E-state index < -0.39 is 6.10 Å². The van der Waals surface area contributed by atoms with Crippen molar-refractivity contribution < 1.29 is 28.6 Å². The van der Waals surface area contributed by atoms with Crippen molar-refractivity contribution in [3.05, 3.63) is 60.8 Å². The summed E-state index contributed by atoms with van der Waals surface area (Å²) in [5.41, 5.74) is 0. The zero-order valence-electron chi connectivity index (χ0n) is 43.7. The van der Waals surface area contributed by atoms with Crippen molar-refractivity contribution >= 4 is 17.9 Å². The zero-order chi connectivity index (χ0) is 47.9. The molecule has 0 aromatic carbocycles. The molecule has 0 bridgehead atoms. The molecule has 0 aromatic rings. The monoisotopic (exact) mass is 923 g/mol. The van der Waals surface area contributed by atoms with Gasteiger partial charge in [-0.2, -0.15) is 0 Å². The van der Waals surface area contributed by atoms with E-state index >= 15 is 0 Å². The number of allylic oxidation sites excluding steroid dienone is 10. The van der Waals surface area contributed by atoms with Crippen LogP contribution in [0.3, 0.4) is 0 Å². The fourth-order valence-corrected chi connectivity index (χ4v) is 8.06. The molecule has 382 valence electrons. The molecule has 0 aliphatic heterocycles. The maximum absolute atomic E-state index is 12.8. The van der Waals surface area contributed by atoms with E-state index in [-0.39, 0.29) is 31.1 Å². The molecule has 0 aliphatic rings. The average molecular weight is 924 g/mol. The number of esters is 3. The van der Waals surface area contributed by atoms with Gasteiger partial charge in [0.15, 0.2) is 6.10 Å². The first-order valence-corrected chi connectivity index (χ1v) is 28.3. The molecule has 0 N–H and O–H groups in total. The van der Waals surface area contributed by atoms with Crippen molar-refractivity contribution in [2.45, 2.75) is 290 Å². The van der Waals surface area contributed by atoms with E-state index in [1.165, 1.54) is 154 Å². The van der Waals surface area contributed by atoms with Gasteiger partial charge >= 0.3 is 17.9 Å². The lowest BCUT2D eigenvalue weighted by atomic mass is 10.0. The third kappa shape index (κ3) is 52.1. The molecular formula is C60H106O6. The van der Waals surface area contributed by atoms with E-state index in [2.05, 4.69) is 81.5 Å². The summed E-state index contributed by atoms with van der Waals surface area (Å²) in [4.78, 5) is 38.0. The van der Waals surface area contributed by atoms with Gasteiger partial charge in [0.1, 0.15) is 13.2 Å². The van der Waals surface area contributed by atoms with Gasteiger partial charge in [-0.3, -0.25) is 14.4 Å². The highest BCUT2D eigenvalue weighted by Crippen LogP contribution is 2.16. The van der Waals surface area contributed by atoms with Gasteiger partial charge in [-0.25, -0.2) is 0 Å². The van der Waals surface area contributed by atoms with Crippen molar-refractivity contribution in [2.24, 2.45) is 0 Å². The van der Waals surface area contributed by atoms with E-state index in [1.54, 1.807) is 0 Å². The molecule has 0 rings (SSSR count). The molecular weight excluding hydrogens is 817 g/mol. The second kappa shape index (κ2) is 54.7. The minimum Gasteiger partial charge on any atom is -0.462 e. The molecule has 0 amide bonds. The number of carbonyl (C=O) groups excluding carboxylic acids is 3. The smallest absolute Gasteiger partial charge is 0.306 e. The van der Waals surface area contributed by atoms with Gasteiger partial charge in [0.05, 0.1) is 0 Å². The molecule has 0 spiro atoms. The van der Waals surface area contributed by atoms with Crippen molar-refractivity contribution in [1.82, 2.24) is 0 Å². The summed E-state index contributed by atoms with van der Waals surface area (Å²) >= 11 is 0. The minimum atomic E-state index is -0.769. The van der Waals surface area contributed by atoms with E-state index in [4.69, 9.17) is 14.2 Å². The van der Waals surface area contributed by atoms with Crippen molar-refractivity contribution in [3.63, 3.8) is 0 Å². The Balaban J connectivity index is 4.15. The van der Waals surface area contributed by atoms with Gasteiger partial charge in [-0.1, -0.05) is 261 Å². The lowest BCUT2D eigenvalue weighted by molar-refractivity contribution is -0.167. The molecule has 6 heteroatoms. The highest BCUT2D eigenvalue weighted by molar-refractivity contribution is 5.71. The Kier molecular flexibility index (Phi) is 52.3. The normalized spacial score (nSPS) is 12.5. The summed E-state index contributed by atoms with van der Waals surface area (Å²) in [5.74, 6) is -0.866. The van der Waals surface area contributed by atoms with Crippen LogP contribution in [-0.2, 0) is 28.6 Å². The predicted octanol–water partition coefficient (Wildman–Crippen LogP) is 18.8. The molecule has 0 aromatic heterocycles. The molecule has 66 heavy (non-hydrogen) atoms. The summed E-state index contributed by atoms with van der Waals surface area (Å²) in [6.07, 6.45) is 67.9. The number of ether oxygens (including phenoxy) is 3. The first kappa shape index (κ1) is 63.1. The van der Waals surface area contributed by atoms with Gasteiger partial charge in [-0.15, -0.1) is 0 Å². The van der Waals surface area contributed by atoms with Gasteiger partial charge in [0.2, 0.25) is 0 Å². The van der Waals surface area contributed by atoms with Crippen molar-refractivity contribution in [1.29, 1.82) is 0 Å². The lowest BCUT2D eigenvalue weighted by Gasteiger charge is -2.18. The van der Waals surface area contributed by atoms with Crippen molar-refractivity contribution in [3.8, 4) is 0 Å². The van der Waals surface area contributed by atoms with E-state index in [0.29, 0.717) is 19.3 Å². The van der Waals surface area contributed by atoms with Crippen LogP contribution in [0, 0.1) is 0 Å². The Morgan fingerprint density at radius 2 is 0.591 bits per heavy atom. The Morgan fingerprint density at radius 3 is 0.924 bits per heavy atom. The topological polar surface area (TPSA) is 78.9 Å².